The number of hydrogen-bond acceptors (Lipinski definition) is 4. The van der Waals surface area contributed by atoms with Crippen molar-refractivity contribution in [3.63, 3.8) is 0 Å². The molecule has 7 heteroatoms. The zero-order valence-electron chi connectivity index (χ0n) is 12.7. The SMILES string of the molecule is O=C(Nc1ccc2c(c1)OCO2)NC(Cc1ccccc1)C(=O)O. The van der Waals surface area contributed by atoms with Crippen LogP contribution in [0.2, 0.25) is 0 Å². The first-order chi connectivity index (χ1) is 11.6. The van der Waals surface area contributed by atoms with Crippen LogP contribution in [0.25, 0.3) is 0 Å². The summed E-state index contributed by atoms with van der Waals surface area (Å²) in [5.74, 6) is 0.0417. The molecule has 1 unspecified atom stereocenters. The van der Waals surface area contributed by atoms with Crippen LogP contribution >= 0.6 is 0 Å². The van der Waals surface area contributed by atoms with E-state index in [1.54, 1.807) is 18.2 Å². The van der Waals surface area contributed by atoms with Gasteiger partial charge in [0.1, 0.15) is 6.04 Å². The van der Waals surface area contributed by atoms with Gasteiger partial charge >= 0.3 is 12.0 Å². The largest absolute Gasteiger partial charge is 0.480 e. The van der Waals surface area contributed by atoms with E-state index in [1.807, 2.05) is 30.3 Å². The number of fused-ring (bicyclic) bond motifs is 1. The smallest absolute Gasteiger partial charge is 0.326 e. The highest BCUT2D eigenvalue weighted by molar-refractivity contribution is 5.92. The van der Waals surface area contributed by atoms with E-state index in [0.717, 1.165) is 5.56 Å². The molecule has 1 aliphatic heterocycles. The van der Waals surface area contributed by atoms with Crippen molar-refractivity contribution < 1.29 is 24.2 Å². The first kappa shape index (κ1) is 15.7. The second kappa shape index (κ2) is 6.91. The summed E-state index contributed by atoms with van der Waals surface area (Å²) in [6.45, 7) is 0.142. The van der Waals surface area contributed by atoms with Gasteiger partial charge in [-0.25, -0.2) is 9.59 Å². The van der Waals surface area contributed by atoms with Gasteiger partial charge in [0.05, 0.1) is 0 Å². The lowest BCUT2D eigenvalue weighted by molar-refractivity contribution is -0.139. The number of carbonyl (C=O) groups excluding carboxylic acids is 1. The molecule has 2 amide bonds. The molecule has 0 bridgehead atoms. The van der Waals surface area contributed by atoms with E-state index in [0.29, 0.717) is 17.2 Å². The summed E-state index contributed by atoms with van der Waals surface area (Å²) in [5, 5.41) is 14.4. The highest BCUT2D eigenvalue weighted by atomic mass is 16.7. The van der Waals surface area contributed by atoms with Gasteiger partial charge in [0.25, 0.3) is 0 Å². The third kappa shape index (κ3) is 3.75. The second-order valence-electron chi connectivity index (χ2n) is 5.25. The molecule has 1 aliphatic rings. The molecule has 0 radical (unpaired) electrons. The van der Waals surface area contributed by atoms with E-state index < -0.39 is 18.0 Å². The van der Waals surface area contributed by atoms with E-state index in [4.69, 9.17) is 9.47 Å². The molecule has 3 rings (SSSR count). The first-order valence-corrected chi connectivity index (χ1v) is 7.36. The van der Waals surface area contributed by atoms with Crippen molar-refractivity contribution in [3.8, 4) is 11.5 Å². The molecule has 1 atom stereocenters. The molecule has 0 spiro atoms. The minimum Gasteiger partial charge on any atom is -0.480 e. The Morgan fingerprint density at radius 3 is 2.58 bits per heavy atom. The Morgan fingerprint density at radius 2 is 1.83 bits per heavy atom. The molecule has 0 saturated carbocycles. The third-order valence-corrected chi connectivity index (χ3v) is 3.52. The fourth-order valence-electron chi connectivity index (χ4n) is 2.35. The van der Waals surface area contributed by atoms with Gasteiger partial charge in [0.15, 0.2) is 11.5 Å². The van der Waals surface area contributed by atoms with Gasteiger partial charge in [-0.15, -0.1) is 0 Å². The Balaban J connectivity index is 1.62. The standard InChI is InChI=1S/C17H16N2O5/c20-16(21)13(8-11-4-2-1-3-5-11)19-17(22)18-12-6-7-14-15(9-12)24-10-23-14/h1-7,9,13H,8,10H2,(H,20,21)(H2,18,19,22). The van der Waals surface area contributed by atoms with Gasteiger partial charge in [-0.1, -0.05) is 30.3 Å². The van der Waals surface area contributed by atoms with Crippen LogP contribution in [0.3, 0.4) is 0 Å². The van der Waals surface area contributed by atoms with Gasteiger partial charge < -0.3 is 25.2 Å². The predicted molar refractivity (Wildman–Crippen MR) is 86.3 cm³/mol. The molecule has 0 aliphatic carbocycles. The van der Waals surface area contributed by atoms with E-state index in [1.165, 1.54) is 0 Å². The van der Waals surface area contributed by atoms with Crippen LogP contribution in [0.4, 0.5) is 10.5 Å². The highest BCUT2D eigenvalue weighted by Crippen LogP contribution is 2.34. The Labute approximate surface area is 138 Å². The topological polar surface area (TPSA) is 96.9 Å². The molecule has 2 aromatic rings. The van der Waals surface area contributed by atoms with Crippen LogP contribution in [0.1, 0.15) is 5.56 Å². The monoisotopic (exact) mass is 328 g/mol. The van der Waals surface area contributed by atoms with Crippen LogP contribution in [0.15, 0.2) is 48.5 Å². The van der Waals surface area contributed by atoms with E-state index in [2.05, 4.69) is 10.6 Å². The zero-order chi connectivity index (χ0) is 16.9. The molecule has 24 heavy (non-hydrogen) atoms. The van der Waals surface area contributed by atoms with Crippen LogP contribution in [-0.4, -0.2) is 29.9 Å². The second-order valence-corrected chi connectivity index (χ2v) is 5.25. The quantitative estimate of drug-likeness (QED) is 0.782. The third-order valence-electron chi connectivity index (χ3n) is 3.52. The van der Waals surface area contributed by atoms with Gasteiger partial charge in [0, 0.05) is 18.2 Å². The van der Waals surface area contributed by atoms with Gasteiger partial charge in [-0.05, 0) is 17.7 Å². The Morgan fingerprint density at radius 1 is 1.08 bits per heavy atom. The minimum atomic E-state index is -1.10. The van der Waals surface area contributed by atoms with Crippen molar-refractivity contribution in [1.29, 1.82) is 0 Å². The average molecular weight is 328 g/mol. The maximum Gasteiger partial charge on any atom is 0.326 e. The van der Waals surface area contributed by atoms with Crippen molar-refractivity contribution in [2.45, 2.75) is 12.5 Å². The number of carboxylic acids is 1. The number of anilines is 1. The highest BCUT2D eigenvalue weighted by Gasteiger charge is 2.21. The number of benzene rings is 2. The predicted octanol–water partition coefficient (Wildman–Crippen LogP) is 2.23. The van der Waals surface area contributed by atoms with Crippen molar-refractivity contribution >= 4 is 17.7 Å². The molecular weight excluding hydrogens is 312 g/mol. The maximum atomic E-state index is 12.1. The van der Waals surface area contributed by atoms with Crippen LogP contribution < -0.4 is 20.1 Å². The molecule has 124 valence electrons. The first-order valence-electron chi connectivity index (χ1n) is 7.36. The average Bonchev–Trinajstić information content (AvgIpc) is 3.02. The summed E-state index contributed by atoms with van der Waals surface area (Å²) in [6, 6.07) is 12.4. The molecule has 2 aromatic carbocycles. The van der Waals surface area contributed by atoms with Crippen LogP contribution in [-0.2, 0) is 11.2 Å². The molecule has 7 nitrogen and oxygen atoms in total. The lowest BCUT2D eigenvalue weighted by Crippen LogP contribution is -2.44. The maximum absolute atomic E-state index is 12.1. The molecule has 0 aromatic heterocycles. The number of nitrogens with one attached hydrogen (secondary N) is 2. The van der Waals surface area contributed by atoms with E-state index >= 15 is 0 Å². The number of urea groups is 1. The number of carbonyl (C=O) groups is 2. The summed E-state index contributed by atoms with van der Waals surface area (Å²) < 4.78 is 10.4. The number of amides is 2. The normalized spacial score (nSPS) is 13.2. The number of hydrogen-bond donors (Lipinski definition) is 3. The number of rotatable bonds is 5. The lowest BCUT2D eigenvalue weighted by atomic mass is 10.1. The van der Waals surface area contributed by atoms with Crippen molar-refractivity contribution in [2.75, 3.05) is 12.1 Å². The number of ether oxygens (including phenoxy) is 2. The molecule has 1 heterocycles. The zero-order valence-corrected chi connectivity index (χ0v) is 12.7. The summed E-state index contributed by atoms with van der Waals surface area (Å²) >= 11 is 0. The fraction of sp³-hybridized carbons (Fsp3) is 0.176. The van der Waals surface area contributed by atoms with Gasteiger partial charge in [-0.3, -0.25) is 0 Å². The number of aliphatic carboxylic acids is 1. The molecule has 0 fully saturated rings. The van der Waals surface area contributed by atoms with E-state index in [-0.39, 0.29) is 13.2 Å². The van der Waals surface area contributed by atoms with Crippen molar-refractivity contribution in [2.24, 2.45) is 0 Å². The Hall–Kier alpha value is -3.22. The Kier molecular flexibility index (Phi) is 4.51. The molecule has 0 saturated heterocycles. The summed E-state index contributed by atoms with van der Waals surface area (Å²) in [6.07, 6.45) is 0.199. The summed E-state index contributed by atoms with van der Waals surface area (Å²) in [5.41, 5.74) is 1.31. The summed E-state index contributed by atoms with van der Waals surface area (Å²) in [7, 11) is 0. The van der Waals surface area contributed by atoms with Gasteiger partial charge in [-0.2, -0.15) is 0 Å². The number of carboxylic acid groups (broad SMARTS) is 1. The van der Waals surface area contributed by atoms with Crippen LogP contribution in [0, 0.1) is 0 Å². The van der Waals surface area contributed by atoms with Crippen molar-refractivity contribution in [3.05, 3.63) is 54.1 Å². The molecule has 3 N–H and O–H groups in total. The van der Waals surface area contributed by atoms with Crippen LogP contribution in [0.5, 0.6) is 11.5 Å². The van der Waals surface area contributed by atoms with Crippen molar-refractivity contribution in [1.82, 2.24) is 5.32 Å². The van der Waals surface area contributed by atoms with E-state index in [9.17, 15) is 14.7 Å². The fourth-order valence-corrected chi connectivity index (χ4v) is 2.35. The summed E-state index contributed by atoms with van der Waals surface area (Å²) in [4.78, 5) is 23.4. The van der Waals surface area contributed by atoms with Gasteiger partial charge in [0.2, 0.25) is 6.79 Å². The molecular formula is C17H16N2O5. The Bertz CT molecular complexity index is 748. The lowest BCUT2D eigenvalue weighted by Gasteiger charge is -2.15. The minimum absolute atomic E-state index is 0.142.